The largest absolute Gasteiger partial charge is 0.472 e. The molecule has 0 radical (unpaired) electrons. The van der Waals surface area contributed by atoms with Gasteiger partial charge >= 0.3 is 0 Å². The van der Waals surface area contributed by atoms with Crippen LogP contribution in [0.15, 0.2) is 12.1 Å². The van der Waals surface area contributed by atoms with Crippen molar-refractivity contribution in [3.05, 3.63) is 22.7 Å². The highest BCUT2D eigenvalue weighted by molar-refractivity contribution is 6.33. The van der Waals surface area contributed by atoms with Gasteiger partial charge in [-0.05, 0) is 6.07 Å². The van der Waals surface area contributed by atoms with Crippen molar-refractivity contribution in [2.45, 2.75) is 0 Å². The lowest BCUT2D eigenvalue weighted by atomic mass is 10.1. The molecule has 1 aromatic carbocycles. The van der Waals surface area contributed by atoms with E-state index in [9.17, 15) is 4.79 Å². The Kier molecular flexibility index (Phi) is 2.44. The summed E-state index contributed by atoms with van der Waals surface area (Å²) < 4.78 is 5.32. The summed E-state index contributed by atoms with van der Waals surface area (Å²) in [6.07, 6.45) is 0. The molecule has 0 unspecified atom stereocenters. The van der Waals surface area contributed by atoms with Crippen molar-refractivity contribution in [3.63, 3.8) is 0 Å². The van der Waals surface area contributed by atoms with Gasteiger partial charge in [0.1, 0.15) is 5.75 Å². The third kappa shape index (κ3) is 1.72. The third-order valence-electron chi connectivity index (χ3n) is 2.24. The summed E-state index contributed by atoms with van der Waals surface area (Å²) in [6, 6.07) is 3.40. The second-order valence-electron chi connectivity index (χ2n) is 3.49. The van der Waals surface area contributed by atoms with Gasteiger partial charge in [0.05, 0.1) is 16.3 Å². The highest BCUT2D eigenvalue weighted by atomic mass is 35.5. The van der Waals surface area contributed by atoms with Crippen LogP contribution in [0.5, 0.6) is 5.75 Å². The summed E-state index contributed by atoms with van der Waals surface area (Å²) in [6.45, 7) is 0.209. The molecule has 1 N–H and O–H groups in total. The first-order valence-corrected chi connectivity index (χ1v) is 4.89. The normalized spacial score (nSPS) is 13.9. The number of carbonyl (C=O) groups is 1. The van der Waals surface area contributed by atoms with Crippen LogP contribution in [0.1, 0.15) is 10.4 Å². The van der Waals surface area contributed by atoms with E-state index in [1.54, 1.807) is 12.1 Å². The van der Waals surface area contributed by atoms with Crippen molar-refractivity contribution in [1.82, 2.24) is 5.32 Å². The number of ether oxygens (including phenoxy) is 1. The lowest BCUT2D eigenvalue weighted by Gasteiger charge is -2.21. The van der Waals surface area contributed by atoms with Gasteiger partial charge in [0.2, 0.25) is 0 Å². The number of amides is 1. The average molecular weight is 227 g/mol. The van der Waals surface area contributed by atoms with E-state index in [1.807, 2.05) is 19.0 Å². The van der Waals surface area contributed by atoms with E-state index in [0.29, 0.717) is 16.3 Å². The molecule has 2 rings (SSSR count). The molecule has 80 valence electrons. The molecule has 0 aromatic heterocycles. The van der Waals surface area contributed by atoms with Crippen molar-refractivity contribution < 1.29 is 9.53 Å². The minimum Gasteiger partial charge on any atom is -0.472 e. The van der Waals surface area contributed by atoms with Crippen molar-refractivity contribution >= 4 is 23.2 Å². The molecule has 4 nitrogen and oxygen atoms in total. The molecule has 0 aliphatic carbocycles. The quantitative estimate of drug-likeness (QED) is 0.789. The van der Waals surface area contributed by atoms with Gasteiger partial charge in [-0.1, -0.05) is 11.6 Å². The highest BCUT2D eigenvalue weighted by Gasteiger charge is 2.20. The van der Waals surface area contributed by atoms with E-state index in [2.05, 4.69) is 5.32 Å². The fourth-order valence-corrected chi connectivity index (χ4v) is 1.79. The molecule has 0 spiro atoms. The Morgan fingerprint density at radius 1 is 1.47 bits per heavy atom. The number of fused-ring (bicyclic) bond motifs is 1. The molecule has 1 aliphatic rings. The predicted molar refractivity (Wildman–Crippen MR) is 58.7 cm³/mol. The molecule has 0 bridgehead atoms. The van der Waals surface area contributed by atoms with Crippen molar-refractivity contribution in [3.8, 4) is 5.75 Å². The molecule has 0 fully saturated rings. The number of nitrogens with one attached hydrogen (secondary N) is 1. The number of carbonyl (C=O) groups excluding carboxylic acids is 1. The molecule has 0 saturated heterocycles. The van der Waals surface area contributed by atoms with Gasteiger partial charge in [-0.2, -0.15) is 0 Å². The summed E-state index contributed by atoms with van der Waals surface area (Å²) in [5.74, 6) is 0.426. The molecule has 1 aromatic rings. The maximum Gasteiger partial charge on any atom is 0.257 e. The maximum absolute atomic E-state index is 11.5. The van der Waals surface area contributed by atoms with Crippen LogP contribution in [0.4, 0.5) is 5.69 Å². The van der Waals surface area contributed by atoms with Gasteiger partial charge in [0.15, 0.2) is 6.73 Å². The molecule has 1 amide bonds. The van der Waals surface area contributed by atoms with E-state index >= 15 is 0 Å². The van der Waals surface area contributed by atoms with Gasteiger partial charge in [0.25, 0.3) is 5.91 Å². The van der Waals surface area contributed by atoms with Crippen LogP contribution in [-0.2, 0) is 0 Å². The van der Waals surface area contributed by atoms with E-state index in [4.69, 9.17) is 16.3 Å². The Balaban J connectivity index is 2.54. The minimum absolute atomic E-state index is 0.150. The molecular weight excluding hydrogens is 216 g/mol. The molecule has 1 aliphatic heterocycles. The zero-order valence-corrected chi connectivity index (χ0v) is 9.26. The lowest BCUT2D eigenvalue weighted by molar-refractivity contribution is 0.0883. The first-order valence-electron chi connectivity index (χ1n) is 4.51. The van der Waals surface area contributed by atoms with Gasteiger partial charge in [-0.15, -0.1) is 0 Å². The molecule has 0 saturated carbocycles. The highest BCUT2D eigenvalue weighted by Crippen LogP contribution is 2.33. The van der Waals surface area contributed by atoms with E-state index < -0.39 is 0 Å². The number of hydrogen-bond donors (Lipinski definition) is 1. The first kappa shape index (κ1) is 10.1. The van der Waals surface area contributed by atoms with Gasteiger partial charge in [-0.25, -0.2) is 0 Å². The van der Waals surface area contributed by atoms with Gasteiger partial charge < -0.3 is 15.0 Å². The smallest absolute Gasteiger partial charge is 0.257 e. The van der Waals surface area contributed by atoms with Crippen molar-refractivity contribution in [2.24, 2.45) is 0 Å². The Bertz CT molecular complexity index is 418. The van der Waals surface area contributed by atoms with E-state index in [1.165, 1.54) is 0 Å². The van der Waals surface area contributed by atoms with Crippen LogP contribution in [-0.4, -0.2) is 26.7 Å². The fraction of sp³-hybridized carbons (Fsp3) is 0.300. The van der Waals surface area contributed by atoms with Crippen LogP contribution < -0.4 is 15.0 Å². The standard InChI is InChI=1S/C10H11ClN2O2/c1-13(2)8-4-9-6(3-7(8)11)10(14)12-5-15-9/h3-4H,5H2,1-2H3,(H,12,14). The maximum atomic E-state index is 11.5. The second kappa shape index (κ2) is 3.62. The Hall–Kier alpha value is -1.42. The summed E-state index contributed by atoms with van der Waals surface area (Å²) >= 11 is 6.04. The van der Waals surface area contributed by atoms with Gasteiger partial charge in [0, 0.05) is 20.2 Å². The predicted octanol–water partition coefficient (Wildman–Crippen LogP) is 1.49. The first-order chi connectivity index (χ1) is 7.09. The number of anilines is 1. The number of rotatable bonds is 1. The third-order valence-corrected chi connectivity index (χ3v) is 2.54. The molecule has 15 heavy (non-hydrogen) atoms. The summed E-state index contributed by atoms with van der Waals surface area (Å²) in [7, 11) is 3.77. The zero-order valence-electron chi connectivity index (χ0n) is 8.50. The topological polar surface area (TPSA) is 41.6 Å². The fourth-order valence-electron chi connectivity index (χ4n) is 1.46. The monoisotopic (exact) mass is 226 g/mol. The van der Waals surface area contributed by atoms with Crippen LogP contribution in [0.3, 0.4) is 0 Å². The van der Waals surface area contributed by atoms with Gasteiger partial charge in [-0.3, -0.25) is 4.79 Å². The molecule has 5 heteroatoms. The van der Waals surface area contributed by atoms with Crippen LogP contribution >= 0.6 is 11.6 Å². The van der Waals surface area contributed by atoms with Crippen molar-refractivity contribution in [1.29, 1.82) is 0 Å². The summed E-state index contributed by atoms with van der Waals surface area (Å²) in [5, 5.41) is 3.12. The number of halogens is 1. The minimum atomic E-state index is -0.150. The van der Waals surface area contributed by atoms with Crippen LogP contribution in [0, 0.1) is 0 Å². The van der Waals surface area contributed by atoms with Crippen LogP contribution in [0.25, 0.3) is 0 Å². The lowest BCUT2D eigenvalue weighted by Crippen LogP contribution is -2.33. The van der Waals surface area contributed by atoms with E-state index in [0.717, 1.165) is 5.69 Å². The Morgan fingerprint density at radius 2 is 2.20 bits per heavy atom. The van der Waals surface area contributed by atoms with E-state index in [-0.39, 0.29) is 12.6 Å². The summed E-state index contributed by atoms with van der Waals surface area (Å²) in [5.41, 5.74) is 1.32. The Labute approximate surface area is 92.8 Å². The zero-order chi connectivity index (χ0) is 11.0. The molecule has 1 heterocycles. The Morgan fingerprint density at radius 3 is 2.87 bits per heavy atom. The summed E-state index contributed by atoms with van der Waals surface area (Å²) in [4.78, 5) is 13.3. The van der Waals surface area contributed by atoms with Crippen molar-refractivity contribution in [2.75, 3.05) is 25.7 Å². The molecular formula is C10H11ClN2O2. The SMILES string of the molecule is CN(C)c1cc2c(cc1Cl)C(=O)NCO2. The number of hydrogen-bond acceptors (Lipinski definition) is 3. The molecule has 0 atom stereocenters. The number of benzene rings is 1. The number of nitrogens with zero attached hydrogens (tertiary/aromatic N) is 1. The van der Waals surface area contributed by atoms with Crippen LogP contribution in [0.2, 0.25) is 5.02 Å². The average Bonchev–Trinajstić information content (AvgIpc) is 2.18. The second-order valence-corrected chi connectivity index (χ2v) is 3.90.